The van der Waals surface area contributed by atoms with E-state index < -0.39 is 17.5 Å². The molecule has 1 N–H and O–H groups in total. The number of fused-ring (bicyclic) bond motifs is 2. The molecule has 35 heavy (non-hydrogen) atoms. The maximum Gasteiger partial charge on any atom is 0.412 e. The van der Waals surface area contributed by atoms with Crippen LogP contribution in [0.2, 0.25) is 10.0 Å². The number of rotatable bonds is 3. The summed E-state index contributed by atoms with van der Waals surface area (Å²) in [6.45, 7) is 0.752. The molecule has 11 heteroatoms. The number of benzene rings is 2. The number of ether oxygens (including phenoxy) is 1. The van der Waals surface area contributed by atoms with Crippen molar-refractivity contribution in [3.63, 3.8) is 0 Å². The van der Waals surface area contributed by atoms with Crippen molar-refractivity contribution in [3.05, 3.63) is 80.8 Å². The number of carbonyl (C=O) groups excluding carboxylic acids is 2. The average molecular weight is 514 g/mol. The molecule has 178 valence electrons. The molecule has 1 saturated heterocycles. The Kier molecular flexibility index (Phi) is 5.87. The van der Waals surface area contributed by atoms with E-state index in [4.69, 9.17) is 33.2 Å². The first kappa shape index (κ1) is 23.1. The van der Waals surface area contributed by atoms with E-state index in [9.17, 15) is 9.59 Å². The fraction of sp³-hybridized carbons (Fsp3) is 0.250. The summed E-state index contributed by atoms with van der Waals surface area (Å²) in [7, 11) is 0. The molecule has 0 bridgehead atoms. The molecule has 8 nitrogen and oxygen atoms in total. The standard InChI is InChI=1S/C24H18Cl2FN5O3/c25-17-4-5-19-20(21(17)27)24(35-23(34)30-19)6-1-7-31(13-24)22(33)16-10-29-32(12-16)11-14-2-3-15(9-28)18(26)8-14/h2-5,8,10,12H,1,6-7,11,13H2,(H,30,34)/t24-/m0/s1. The second kappa shape index (κ2) is 8.87. The molecule has 2 aliphatic rings. The van der Waals surface area contributed by atoms with Crippen LogP contribution in [-0.2, 0) is 16.9 Å². The van der Waals surface area contributed by atoms with E-state index in [0.29, 0.717) is 42.1 Å². The molecule has 3 aromatic rings. The van der Waals surface area contributed by atoms with Gasteiger partial charge in [0.15, 0.2) is 11.4 Å². The van der Waals surface area contributed by atoms with E-state index >= 15 is 4.39 Å². The zero-order valence-corrected chi connectivity index (χ0v) is 19.7. The summed E-state index contributed by atoms with van der Waals surface area (Å²) >= 11 is 12.1. The summed E-state index contributed by atoms with van der Waals surface area (Å²) in [5.74, 6) is -0.987. The van der Waals surface area contributed by atoms with Gasteiger partial charge in [0.2, 0.25) is 0 Å². The summed E-state index contributed by atoms with van der Waals surface area (Å²) in [5, 5.41) is 16.1. The highest BCUT2D eigenvalue weighted by Gasteiger charge is 2.48. The Morgan fingerprint density at radius 2 is 2.11 bits per heavy atom. The zero-order chi connectivity index (χ0) is 24.7. The SMILES string of the molecule is N#Cc1ccc(Cn2cc(C(=O)N3CCC[C@@]4(C3)OC(=O)Nc3ccc(Cl)c(F)c34)cn2)cc1Cl. The van der Waals surface area contributed by atoms with Gasteiger partial charge in [0, 0.05) is 12.7 Å². The number of hydrogen-bond donors (Lipinski definition) is 1. The maximum atomic E-state index is 15.1. The smallest absolute Gasteiger partial charge is 0.412 e. The van der Waals surface area contributed by atoms with Crippen LogP contribution in [0.1, 0.15) is 39.9 Å². The number of hydrogen-bond acceptors (Lipinski definition) is 5. The van der Waals surface area contributed by atoms with Crippen LogP contribution >= 0.6 is 23.2 Å². The number of aromatic nitrogens is 2. The number of piperidine rings is 1. The van der Waals surface area contributed by atoms with Crippen molar-refractivity contribution >= 4 is 40.9 Å². The minimum absolute atomic E-state index is 0.0140. The first-order valence-electron chi connectivity index (χ1n) is 10.8. The first-order valence-corrected chi connectivity index (χ1v) is 11.5. The second-order valence-corrected chi connectivity index (χ2v) is 9.29. The van der Waals surface area contributed by atoms with Crippen molar-refractivity contribution in [2.45, 2.75) is 25.0 Å². The van der Waals surface area contributed by atoms with Crippen LogP contribution in [0.3, 0.4) is 0 Å². The van der Waals surface area contributed by atoms with E-state index in [1.807, 2.05) is 6.07 Å². The van der Waals surface area contributed by atoms with Gasteiger partial charge in [-0.2, -0.15) is 10.4 Å². The highest BCUT2D eigenvalue weighted by Crippen LogP contribution is 2.45. The number of nitriles is 1. The molecule has 2 aliphatic heterocycles. The van der Waals surface area contributed by atoms with Gasteiger partial charge in [-0.25, -0.2) is 9.18 Å². The van der Waals surface area contributed by atoms with Gasteiger partial charge in [0.1, 0.15) is 6.07 Å². The molecule has 0 saturated carbocycles. The molecule has 1 aromatic heterocycles. The Morgan fingerprint density at radius 1 is 1.29 bits per heavy atom. The van der Waals surface area contributed by atoms with Gasteiger partial charge >= 0.3 is 6.09 Å². The van der Waals surface area contributed by atoms with Gasteiger partial charge in [-0.05, 0) is 42.7 Å². The summed E-state index contributed by atoms with van der Waals surface area (Å²) in [4.78, 5) is 27.1. The van der Waals surface area contributed by atoms with E-state index in [-0.39, 0.29) is 28.7 Å². The molecule has 2 aromatic carbocycles. The van der Waals surface area contributed by atoms with Crippen molar-refractivity contribution in [1.82, 2.24) is 14.7 Å². The molecule has 3 heterocycles. The number of anilines is 1. The molecule has 0 unspecified atom stereocenters. The highest BCUT2D eigenvalue weighted by molar-refractivity contribution is 6.31. The number of halogens is 3. The second-order valence-electron chi connectivity index (χ2n) is 8.48. The molecular formula is C24H18Cl2FN5O3. The Bertz CT molecular complexity index is 1400. The lowest BCUT2D eigenvalue weighted by atomic mass is 9.83. The third-order valence-electron chi connectivity index (χ3n) is 6.20. The fourth-order valence-corrected chi connectivity index (χ4v) is 5.03. The lowest BCUT2D eigenvalue weighted by Gasteiger charge is -2.45. The number of amides is 2. The molecule has 5 rings (SSSR count). The van der Waals surface area contributed by atoms with Crippen LogP contribution in [-0.4, -0.2) is 39.8 Å². The third kappa shape index (κ3) is 4.20. The van der Waals surface area contributed by atoms with Crippen LogP contribution in [0.15, 0.2) is 42.7 Å². The van der Waals surface area contributed by atoms with E-state index in [0.717, 1.165) is 5.56 Å². The monoisotopic (exact) mass is 513 g/mol. The Labute approximate surface area is 209 Å². The number of nitrogens with one attached hydrogen (secondary N) is 1. The number of likely N-dealkylation sites (tertiary alicyclic amines) is 1. The minimum atomic E-state index is -1.34. The summed E-state index contributed by atoms with van der Waals surface area (Å²) in [5.41, 5.74) is 0.633. The van der Waals surface area contributed by atoms with Gasteiger partial charge in [-0.3, -0.25) is 14.8 Å². The predicted molar refractivity (Wildman–Crippen MR) is 126 cm³/mol. The molecule has 1 atom stereocenters. The van der Waals surface area contributed by atoms with E-state index in [1.54, 1.807) is 29.1 Å². The van der Waals surface area contributed by atoms with E-state index in [1.165, 1.54) is 23.2 Å². The average Bonchev–Trinajstić information content (AvgIpc) is 3.29. The molecule has 0 radical (unpaired) electrons. The normalized spacial score (nSPS) is 19.0. The Balaban J connectivity index is 1.38. The largest absolute Gasteiger partial charge is 0.436 e. The van der Waals surface area contributed by atoms with Crippen molar-refractivity contribution in [3.8, 4) is 6.07 Å². The van der Waals surface area contributed by atoms with Crippen molar-refractivity contribution < 1.29 is 18.7 Å². The quantitative estimate of drug-likeness (QED) is 0.534. The van der Waals surface area contributed by atoms with Crippen LogP contribution in [0, 0.1) is 17.1 Å². The van der Waals surface area contributed by atoms with Crippen LogP contribution in [0.25, 0.3) is 0 Å². The van der Waals surface area contributed by atoms with Gasteiger partial charge in [0.05, 0.1) is 51.7 Å². The molecule has 1 fully saturated rings. The van der Waals surface area contributed by atoms with Crippen LogP contribution in [0.4, 0.5) is 14.9 Å². The summed E-state index contributed by atoms with van der Waals surface area (Å²) in [6, 6.07) is 9.99. The first-order chi connectivity index (χ1) is 16.8. The van der Waals surface area contributed by atoms with Gasteiger partial charge in [0.25, 0.3) is 5.91 Å². The fourth-order valence-electron chi connectivity index (χ4n) is 4.62. The third-order valence-corrected chi connectivity index (χ3v) is 6.80. The Morgan fingerprint density at radius 3 is 2.89 bits per heavy atom. The topological polar surface area (TPSA) is 100 Å². The highest BCUT2D eigenvalue weighted by atomic mass is 35.5. The van der Waals surface area contributed by atoms with Crippen LogP contribution in [0.5, 0.6) is 0 Å². The van der Waals surface area contributed by atoms with Gasteiger partial charge in [-0.15, -0.1) is 0 Å². The zero-order valence-electron chi connectivity index (χ0n) is 18.2. The van der Waals surface area contributed by atoms with Crippen LogP contribution < -0.4 is 5.32 Å². The molecule has 1 spiro atoms. The van der Waals surface area contributed by atoms with Gasteiger partial charge in [-0.1, -0.05) is 29.3 Å². The molecular weight excluding hydrogens is 496 g/mol. The lowest BCUT2D eigenvalue weighted by molar-refractivity contribution is -0.0418. The predicted octanol–water partition coefficient (Wildman–Crippen LogP) is 4.94. The summed E-state index contributed by atoms with van der Waals surface area (Å²) in [6.07, 6.45) is 3.21. The van der Waals surface area contributed by atoms with E-state index in [2.05, 4.69) is 10.4 Å². The maximum absolute atomic E-state index is 15.1. The molecule has 0 aliphatic carbocycles. The minimum Gasteiger partial charge on any atom is -0.436 e. The number of carbonyl (C=O) groups is 2. The van der Waals surface area contributed by atoms with Gasteiger partial charge < -0.3 is 9.64 Å². The Hall–Kier alpha value is -3.61. The van der Waals surface area contributed by atoms with Crippen molar-refractivity contribution in [2.24, 2.45) is 0 Å². The lowest BCUT2D eigenvalue weighted by Crippen LogP contribution is -2.53. The van der Waals surface area contributed by atoms with Crippen molar-refractivity contribution in [2.75, 3.05) is 18.4 Å². The van der Waals surface area contributed by atoms with Crippen molar-refractivity contribution in [1.29, 1.82) is 5.26 Å². The molecule has 2 amide bonds. The summed E-state index contributed by atoms with van der Waals surface area (Å²) < 4.78 is 22.3. The number of nitrogens with zero attached hydrogens (tertiary/aromatic N) is 4.